The first kappa shape index (κ1) is 16.9. The van der Waals surface area contributed by atoms with E-state index in [0.29, 0.717) is 38.2 Å². The molecule has 0 bridgehead atoms. The molecule has 0 radical (unpaired) electrons. The molecule has 0 fully saturated rings. The van der Waals surface area contributed by atoms with Crippen molar-refractivity contribution in [1.82, 2.24) is 4.90 Å². The minimum Gasteiger partial charge on any atom is -0.493 e. The zero-order valence-corrected chi connectivity index (χ0v) is 13.7. The van der Waals surface area contributed by atoms with Crippen LogP contribution in [0.4, 0.5) is 0 Å². The van der Waals surface area contributed by atoms with Crippen molar-refractivity contribution in [2.24, 2.45) is 16.5 Å². The van der Waals surface area contributed by atoms with Crippen LogP contribution in [0.25, 0.3) is 0 Å². The van der Waals surface area contributed by atoms with Crippen LogP contribution in [0.5, 0.6) is 11.5 Å². The number of carbonyl (C=O) groups excluding carboxylic acids is 1. The van der Waals surface area contributed by atoms with Crippen molar-refractivity contribution < 1.29 is 14.3 Å². The largest absolute Gasteiger partial charge is 0.493 e. The fraction of sp³-hybridized carbons (Fsp3) is 0.500. The average molecular weight is 320 g/mol. The monoisotopic (exact) mass is 320 g/mol. The molecule has 0 spiro atoms. The van der Waals surface area contributed by atoms with Crippen LogP contribution in [-0.2, 0) is 17.8 Å². The van der Waals surface area contributed by atoms with Crippen molar-refractivity contribution in [2.75, 3.05) is 27.3 Å². The Hall–Kier alpha value is -2.44. The lowest BCUT2D eigenvalue weighted by Crippen LogP contribution is -2.36. The van der Waals surface area contributed by atoms with Gasteiger partial charge in [0, 0.05) is 26.1 Å². The van der Waals surface area contributed by atoms with Crippen LogP contribution in [0.2, 0.25) is 0 Å². The van der Waals surface area contributed by atoms with Gasteiger partial charge in [0.15, 0.2) is 17.5 Å². The van der Waals surface area contributed by atoms with Gasteiger partial charge in [-0.05, 0) is 36.1 Å². The third-order valence-corrected chi connectivity index (χ3v) is 3.91. The molecule has 0 aliphatic carbocycles. The number of rotatable bonds is 6. The number of methoxy groups -OCH3 is 2. The topological polar surface area (TPSA) is 103 Å². The maximum atomic E-state index is 12.3. The number of aliphatic imine (C=N–C) groups is 1. The molecule has 7 heteroatoms. The van der Waals surface area contributed by atoms with Gasteiger partial charge in [0.05, 0.1) is 14.2 Å². The third-order valence-electron chi connectivity index (χ3n) is 3.91. The Balaban J connectivity index is 1.99. The van der Waals surface area contributed by atoms with Gasteiger partial charge in [0.25, 0.3) is 0 Å². The lowest BCUT2D eigenvalue weighted by Gasteiger charge is -2.29. The number of amides is 1. The van der Waals surface area contributed by atoms with Crippen LogP contribution in [0.15, 0.2) is 17.1 Å². The highest BCUT2D eigenvalue weighted by Gasteiger charge is 2.22. The van der Waals surface area contributed by atoms with E-state index in [4.69, 9.17) is 20.9 Å². The summed E-state index contributed by atoms with van der Waals surface area (Å²) in [4.78, 5) is 18.0. The molecular formula is C16H24N4O3. The Labute approximate surface area is 136 Å². The second-order valence-electron chi connectivity index (χ2n) is 5.45. The lowest BCUT2D eigenvalue weighted by atomic mass is 9.98. The van der Waals surface area contributed by atoms with Crippen LogP contribution in [0.3, 0.4) is 0 Å². The molecule has 1 aromatic rings. The van der Waals surface area contributed by atoms with Crippen LogP contribution in [0, 0.1) is 0 Å². The summed E-state index contributed by atoms with van der Waals surface area (Å²) in [5, 5.41) is 0. The zero-order valence-electron chi connectivity index (χ0n) is 13.7. The third kappa shape index (κ3) is 4.28. The van der Waals surface area contributed by atoms with Gasteiger partial charge in [-0.2, -0.15) is 0 Å². The highest BCUT2D eigenvalue weighted by Crippen LogP contribution is 2.33. The van der Waals surface area contributed by atoms with Crippen LogP contribution >= 0.6 is 0 Å². The van der Waals surface area contributed by atoms with Crippen molar-refractivity contribution in [1.29, 1.82) is 0 Å². The van der Waals surface area contributed by atoms with Crippen LogP contribution < -0.4 is 20.9 Å². The molecule has 7 nitrogen and oxygen atoms in total. The summed E-state index contributed by atoms with van der Waals surface area (Å²) in [6.07, 6.45) is 1.90. The van der Waals surface area contributed by atoms with Crippen molar-refractivity contribution in [3.63, 3.8) is 0 Å². The number of carbonyl (C=O) groups is 1. The predicted octanol–water partition coefficient (Wildman–Crippen LogP) is 0.642. The fourth-order valence-corrected chi connectivity index (χ4v) is 2.69. The first-order valence-electron chi connectivity index (χ1n) is 7.62. The van der Waals surface area contributed by atoms with Crippen molar-refractivity contribution in [2.45, 2.75) is 25.8 Å². The molecule has 1 aliphatic rings. The molecule has 23 heavy (non-hydrogen) atoms. The van der Waals surface area contributed by atoms with Gasteiger partial charge in [-0.3, -0.25) is 9.79 Å². The zero-order chi connectivity index (χ0) is 16.8. The molecule has 0 atom stereocenters. The molecular weight excluding hydrogens is 296 g/mol. The SMILES string of the molecule is COc1cc2c(cc1OC)CN(C(=O)CCCN=C(N)N)CC2. The van der Waals surface area contributed by atoms with E-state index in [0.717, 1.165) is 17.7 Å². The van der Waals surface area contributed by atoms with E-state index in [-0.39, 0.29) is 11.9 Å². The minimum absolute atomic E-state index is 0.0605. The normalized spacial score (nSPS) is 13.2. The first-order chi connectivity index (χ1) is 11.0. The molecule has 2 rings (SSSR count). The molecule has 1 aliphatic heterocycles. The van der Waals surface area contributed by atoms with E-state index in [9.17, 15) is 4.79 Å². The van der Waals surface area contributed by atoms with E-state index < -0.39 is 0 Å². The van der Waals surface area contributed by atoms with E-state index in [1.54, 1.807) is 14.2 Å². The van der Waals surface area contributed by atoms with Gasteiger partial charge in [-0.25, -0.2) is 0 Å². The molecule has 0 unspecified atom stereocenters. The molecule has 0 aromatic heterocycles. The predicted molar refractivity (Wildman–Crippen MR) is 88.6 cm³/mol. The molecule has 0 saturated heterocycles. The molecule has 126 valence electrons. The number of nitrogens with zero attached hydrogens (tertiary/aromatic N) is 2. The number of benzene rings is 1. The average Bonchev–Trinajstić information content (AvgIpc) is 2.56. The summed E-state index contributed by atoms with van der Waals surface area (Å²) in [7, 11) is 3.24. The van der Waals surface area contributed by atoms with E-state index in [2.05, 4.69) is 4.99 Å². The lowest BCUT2D eigenvalue weighted by molar-refractivity contribution is -0.132. The summed E-state index contributed by atoms with van der Waals surface area (Å²) >= 11 is 0. The van der Waals surface area contributed by atoms with Crippen LogP contribution in [0.1, 0.15) is 24.0 Å². The molecule has 1 amide bonds. The number of hydrogen-bond acceptors (Lipinski definition) is 4. The van der Waals surface area contributed by atoms with Crippen molar-refractivity contribution >= 4 is 11.9 Å². The Morgan fingerprint density at radius 3 is 2.48 bits per heavy atom. The Kier molecular flexibility index (Phi) is 5.67. The second kappa shape index (κ2) is 7.71. The smallest absolute Gasteiger partial charge is 0.222 e. The van der Waals surface area contributed by atoms with E-state index in [1.807, 2.05) is 17.0 Å². The molecule has 0 saturated carbocycles. The highest BCUT2D eigenvalue weighted by molar-refractivity contribution is 5.77. The summed E-state index contributed by atoms with van der Waals surface area (Å²) in [5.74, 6) is 1.60. The summed E-state index contributed by atoms with van der Waals surface area (Å²) in [6.45, 7) is 1.78. The summed E-state index contributed by atoms with van der Waals surface area (Å²) in [6, 6.07) is 3.95. The number of guanidine groups is 1. The summed E-state index contributed by atoms with van der Waals surface area (Å²) in [5.41, 5.74) is 12.8. The van der Waals surface area contributed by atoms with Gasteiger partial charge < -0.3 is 25.8 Å². The number of ether oxygens (including phenoxy) is 2. The van der Waals surface area contributed by atoms with Crippen molar-refractivity contribution in [3.8, 4) is 11.5 Å². The number of hydrogen-bond donors (Lipinski definition) is 2. The molecule has 1 aromatic carbocycles. The van der Waals surface area contributed by atoms with E-state index >= 15 is 0 Å². The standard InChI is InChI=1S/C16H24N4O3/c1-22-13-8-11-5-7-20(10-12(11)9-14(13)23-2)15(21)4-3-6-19-16(17)18/h8-9H,3-7,10H2,1-2H3,(H4,17,18,19). The summed E-state index contributed by atoms with van der Waals surface area (Å²) < 4.78 is 10.7. The number of nitrogens with two attached hydrogens (primary N) is 2. The maximum Gasteiger partial charge on any atom is 0.222 e. The minimum atomic E-state index is 0.0605. The first-order valence-corrected chi connectivity index (χ1v) is 7.62. The van der Waals surface area contributed by atoms with E-state index in [1.165, 1.54) is 5.56 Å². The molecule has 1 heterocycles. The Morgan fingerprint density at radius 2 is 1.87 bits per heavy atom. The van der Waals surface area contributed by atoms with Crippen LogP contribution in [-0.4, -0.2) is 44.1 Å². The highest BCUT2D eigenvalue weighted by atomic mass is 16.5. The van der Waals surface area contributed by atoms with Gasteiger partial charge in [-0.1, -0.05) is 0 Å². The van der Waals surface area contributed by atoms with Crippen molar-refractivity contribution in [3.05, 3.63) is 23.3 Å². The van der Waals surface area contributed by atoms with Gasteiger partial charge >= 0.3 is 0 Å². The molecule has 4 N–H and O–H groups in total. The Morgan fingerprint density at radius 1 is 1.22 bits per heavy atom. The Bertz CT molecular complexity index is 597. The maximum absolute atomic E-state index is 12.3. The van der Waals surface area contributed by atoms with Gasteiger partial charge in [0.1, 0.15) is 0 Å². The quantitative estimate of drug-likeness (QED) is 0.455. The second-order valence-corrected chi connectivity index (χ2v) is 5.45. The fourth-order valence-electron chi connectivity index (χ4n) is 2.69. The van der Waals surface area contributed by atoms with Gasteiger partial charge in [0.2, 0.25) is 5.91 Å². The van der Waals surface area contributed by atoms with Gasteiger partial charge in [-0.15, -0.1) is 0 Å². The number of fused-ring (bicyclic) bond motifs is 1.